The summed E-state index contributed by atoms with van der Waals surface area (Å²) in [7, 11) is 0. The molecule has 4 rings (SSSR count). The molecule has 0 radical (unpaired) electrons. The Morgan fingerprint density at radius 3 is 1.58 bits per heavy atom. The van der Waals surface area contributed by atoms with Gasteiger partial charge >= 0.3 is 195 Å². The number of aryl methyl sites for hydroxylation is 2. The molecule has 0 aromatic heterocycles. The van der Waals surface area contributed by atoms with Crippen LogP contribution in [0.15, 0.2) is 54.6 Å². The Bertz CT molecular complexity index is 1120. The van der Waals surface area contributed by atoms with Gasteiger partial charge in [0.15, 0.2) is 0 Å². The van der Waals surface area contributed by atoms with Gasteiger partial charge in [-0.1, -0.05) is 0 Å². The normalized spacial score (nSPS) is 13.8. The molecule has 0 amide bonds. The van der Waals surface area contributed by atoms with Crippen LogP contribution in [0.5, 0.6) is 0 Å². The molecule has 1 heterocycles. The van der Waals surface area contributed by atoms with Crippen LogP contribution in [0, 0.1) is 41.5 Å². The third kappa shape index (κ3) is 4.21. The van der Waals surface area contributed by atoms with Crippen LogP contribution in [-0.2, 0) is 16.2 Å². The zero-order chi connectivity index (χ0) is 22.1. The van der Waals surface area contributed by atoms with Gasteiger partial charge in [0.05, 0.1) is 0 Å². The first-order chi connectivity index (χ1) is 14.9. The summed E-state index contributed by atoms with van der Waals surface area (Å²) in [5, 5.41) is 0. The van der Waals surface area contributed by atoms with Gasteiger partial charge in [-0.25, -0.2) is 0 Å². The Balaban J connectivity index is 1.87. The van der Waals surface area contributed by atoms with Crippen molar-refractivity contribution in [2.75, 3.05) is 22.9 Å². The van der Waals surface area contributed by atoms with E-state index in [2.05, 4.69) is 111 Å². The second kappa shape index (κ2) is 9.01. The third-order valence-electron chi connectivity index (χ3n) is 6.68. The third-order valence-corrected chi connectivity index (χ3v) is 8.90. The predicted octanol–water partition coefficient (Wildman–Crippen LogP) is 5.88. The molecule has 1 fully saturated rings. The van der Waals surface area contributed by atoms with Crippen LogP contribution in [-0.4, -0.2) is 22.1 Å². The predicted molar refractivity (Wildman–Crippen MR) is 133 cm³/mol. The van der Waals surface area contributed by atoms with Crippen molar-refractivity contribution in [2.45, 2.75) is 41.5 Å². The van der Waals surface area contributed by atoms with Crippen molar-refractivity contribution in [1.29, 1.82) is 0 Å². The van der Waals surface area contributed by atoms with Gasteiger partial charge in [-0.2, -0.15) is 0 Å². The van der Waals surface area contributed by atoms with E-state index in [1.54, 1.807) is 0 Å². The summed E-state index contributed by atoms with van der Waals surface area (Å²) in [5.74, 6) is 0. The zero-order valence-corrected chi connectivity index (χ0v) is 21.2. The van der Waals surface area contributed by atoms with Gasteiger partial charge in [0.1, 0.15) is 0 Å². The summed E-state index contributed by atoms with van der Waals surface area (Å²) in [6.45, 7) is 15.5. The fourth-order valence-electron chi connectivity index (χ4n) is 4.16. The molecule has 0 N–H and O–H groups in total. The van der Waals surface area contributed by atoms with Crippen molar-refractivity contribution in [1.82, 2.24) is 0 Å². The van der Waals surface area contributed by atoms with Gasteiger partial charge in [-0.15, -0.1) is 0 Å². The Kier molecular flexibility index (Phi) is 6.35. The van der Waals surface area contributed by atoms with Crippen LogP contribution in [0.25, 0.3) is 0 Å². The average Bonchev–Trinajstić information content (AvgIpc) is 3.18. The summed E-state index contributed by atoms with van der Waals surface area (Å²) in [4.78, 5) is 5.16. The molecule has 0 aliphatic carbocycles. The Labute approximate surface area is 194 Å². The molecule has 0 atom stereocenters. The minimum absolute atomic E-state index is 0.0865. The standard InChI is InChI=1S/C21H26N2.C7H6.Ru/c1-14-7-9-20(18(5)16(14)3)22-11-12-23(13-22)21-10-8-15(2)17(4)19(21)6;1-7-5-3-2-4-6-7;/h7-10H,11-12H2,1-6H3;1-6H;. The van der Waals surface area contributed by atoms with Crippen LogP contribution in [0.2, 0.25) is 0 Å². The second-order valence-electron chi connectivity index (χ2n) is 8.48. The van der Waals surface area contributed by atoms with Crippen LogP contribution < -0.4 is 9.80 Å². The quantitative estimate of drug-likeness (QED) is 0.417. The van der Waals surface area contributed by atoms with E-state index < -0.39 is 0 Å². The molecule has 3 aromatic carbocycles. The maximum atomic E-state index is 2.58. The molecule has 31 heavy (non-hydrogen) atoms. The molecule has 1 aliphatic heterocycles. The van der Waals surface area contributed by atoms with E-state index in [1.165, 1.54) is 54.7 Å². The van der Waals surface area contributed by atoms with Gasteiger partial charge in [0.25, 0.3) is 0 Å². The van der Waals surface area contributed by atoms with Crippen LogP contribution >= 0.6 is 0 Å². The van der Waals surface area contributed by atoms with E-state index in [0.29, 0.717) is 0 Å². The van der Waals surface area contributed by atoms with E-state index in [0.717, 1.165) is 13.1 Å². The van der Waals surface area contributed by atoms with E-state index in [4.69, 9.17) is 0 Å². The molecular weight excluding hydrogens is 465 g/mol. The number of hydrogen-bond acceptors (Lipinski definition) is 2. The molecule has 1 aliphatic rings. The van der Waals surface area contributed by atoms with Crippen molar-refractivity contribution in [2.24, 2.45) is 0 Å². The Morgan fingerprint density at radius 2 is 1.10 bits per heavy atom. The van der Waals surface area contributed by atoms with Crippen molar-refractivity contribution in [3.05, 3.63) is 93.5 Å². The average molecular weight is 498 g/mol. The second-order valence-corrected chi connectivity index (χ2v) is 10.3. The molecule has 1 saturated heterocycles. The van der Waals surface area contributed by atoms with Crippen molar-refractivity contribution in [3.63, 3.8) is 0 Å². The summed E-state index contributed by atoms with van der Waals surface area (Å²) in [6.07, 6.45) is 0. The molecular formula is C28H32N2Ru. The first-order valence-electron chi connectivity index (χ1n) is 10.9. The number of anilines is 2. The number of nitrogens with zero attached hydrogens (tertiary/aromatic N) is 2. The zero-order valence-electron chi connectivity index (χ0n) is 19.4. The van der Waals surface area contributed by atoms with Gasteiger partial charge in [0.2, 0.25) is 0 Å². The first kappa shape index (κ1) is 21.8. The van der Waals surface area contributed by atoms with Gasteiger partial charge in [-0.05, 0) is 0 Å². The minimum atomic E-state index is -0.0865. The molecule has 0 unspecified atom stereocenters. The summed E-state index contributed by atoms with van der Waals surface area (Å²) in [6, 6.07) is 19.9. The first-order valence-corrected chi connectivity index (χ1v) is 12.8. The maximum absolute atomic E-state index is 2.58. The van der Waals surface area contributed by atoms with E-state index >= 15 is 0 Å². The fraction of sp³-hybridized carbons (Fsp3) is 0.286. The van der Waals surface area contributed by atoms with E-state index in [1.807, 2.05) is 0 Å². The van der Waals surface area contributed by atoms with Crippen molar-refractivity contribution < 1.29 is 16.2 Å². The summed E-state index contributed by atoms with van der Waals surface area (Å²) < 4.78 is 3.90. The van der Waals surface area contributed by atoms with Gasteiger partial charge in [0, 0.05) is 0 Å². The fourth-order valence-corrected chi connectivity index (χ4v) is 6.36. The molecule has 2 nitrogen and oxygen atoms in total. The summed E-state index contributed by atoms with van der Waals surface area (Å²) in [5.41, 5.74) is 12.4. The molecule has 0 spiro atoms. The van der Waals surface area contributed by atoms with Crippen LogP contribution in [0.4, 0.5) is 11.4 Å². The Morgan fingerprint density at radius 1 is 0.613 bits per heavy atom. The van der Waals surface area contributed by atoms with Gasteiger partial charge in [-0.3, -0.25) is 0 Å². The number of rotatable bonds is 3. The molecule has 3 aromatic rings. The van der Waals surface area contributed by atoms with Crippen molar-refractivity contribution in [3.8, 4) is 0 Å². The SMILES string of the molecule is Cc1ccc(N2CCN(c3ccc(C)c(C)c3C)[C]2=[Ru]=[CH]c2ccccc2)c(C)c1C. The molecule has 0 saturated carbocycles. The van der Waals surface area contributed by atoms with Crippen LogP contribution in [0.3, 0.4) is 0 Å². The van der Waals surface area contributed by atoms with Crippen LogP contribution in [0.1, 0.15) is 38.9 Å². The Hall–Kier alpha value is -2.38. The van der Waals surface area contributed by atoms with E-state index in [9.17, 15) is 0 Å². The van der Waals surface area contributed by atoms with Crippen molar-refractivity contribution >= 4 is 20.3 Å². The van der Waals surface area contributed by atoms with E-state index in [-0.39, 0.29) is 16.2 Å². The number of hydrogen-bond donors (Lipinski definition) is 0. The number of benzene rings is 3. The van der Waals surface area contributed by atoms with Gasteiger partial charge < -0.3 is 0 Å². The molecule has 3 heteroatoms. The molecule has 0 bridgehead atoms. The molecule has 162 valence electrons. The monoisotopic (exact) mass is 498 g/mol. The summed E-state index contributed by atoms with van der Waals surface area (Å²) >= 11 is -0.0865. The topological polar surface area (TPSA) is 6.48 Å².